The van der Waals surface area contributed by atoms with Gasteiger partial charge in [0.25, 0.3) is 5.56 Å². The molecule has 2 N–H and O–H groups in total. The molecule has 2 aliphatic rings. The van der Waals surface area contributed by atoms with Gasteiger partial charge in [0.05, 0.1) is 23.1 Å². The standard InChI is InChI=1S/C33H38FN5O3/c1-19-12-22-13-23(32(42)39(18-33(2,3)4)17-26(22)25-16-35-37-29(19)25)15-28(40)38-10-8-20(9-11-38)24-14-21-6-5-7-27(34)30(21)36-31(24)41/h5-7,12,14,16,20,23H,8-11,13,15,17-18H2,1-4H3,(H,35,37)(H,36,41). The fourth-order valence-electron chi connectivity index (χ4n) is 6.82. The summed E-state index contributed by atoms with van der Waals surface area (Å²) < 4.78 is 14.1. The van der Waals surface area contributed by atoms with Crippen LogP contribution in [0.2, 0.25) is 0 Å². The van der Waals surface area contributed by atoms with Gasteiger partial charge in [0.2, 0.25) is 11.8 Å². The Morgan fingerprint density at radius 1 is 1.12 bits per heavy atom. The van der Waals surface area contributed by atoms with Crippen molar-refractivity contribution in [2.24, 2.45) is 11.3 Å². The van der Waals surface area contributed by atoms with Gasteiger partial charge in [0.15, 0.2) is 0 Å². The predicted molar refractivity (Wildman–Crippen MR) is 161 cm³/mol. The Bertz CT molecular complexity index is 1740. The molecule has 8 nitrogen and oxygen atoms in total. The Kier molecular flexibility index (Phi) is 7.15. The Balaban J connectivity index is 1.20. The molecule has 4 aromatic rings. The molecular weight excluding hydrogens is 533 g/mol. The Morgan fingerprint density at radius 2 is 1.88 bits per heavy atom. The second kappa shape index (κ2) is 10.7. The third-order valence-corrected chi connectivity index (χ3v) is 8.84. The van der Waals surface area contributed by atoms with E-state index >= 15 is 0 Å². The molecule has 0 spiro atoms. The maximum Gasteiger partial charge on any atom is 0.251 e. The summed E-state index contributed by atoms with van der Waals surface area (Å²) in [5.74, 6) is -0.909. The molecule has 1 unspecified atom stereocenters. The number of halogens is 1. The number of pyridine rings is 1. The summed E-state index contributed by atoms with van der Waals surface area (Å²) in [6.07, 6.45) is 3.80. The van der Waals surface area contributed by atoms with E-state index in [1.54, 1.807) is 18.2 Å². The average molecular weight is 572 g/mol. The van der Waals surface area contributed by atoms with E-state index in [0.717, 1.165) is 27.6 Å². The number of para-hydroxylation sites is 1. The second-order valence-electron chi connectivity index (χ2n) is 13.3. The van der Waals surface area contributed by atoms with Crippen LogP contribution in [0, 0.1) is 24.1 Å². The predicted octanol–water partition coefficient (Wildman–Crippen LogP) is 5.20. The molecule has 2 aromatic heterocycles. The van der Waals surface area contributed by atoms with Gasteiger partial charge in [-0.2, -0.15) is 5.10 Å². The number of carbonyl (C=O) groups is 2. The molecule has 1 fully saturated rings. The van der Waals surface area contributed by atoms with E-state index in [9.17, 15) is 18.8 Å². The van der Waals surface area contributed by atoms with Crippen LogP contribution in [0.5, 0.6) is 0 Å². The maximum atomic E-state index is 14.1. The van der Waals surface area contributed by atoms with Crippen molar-refractivity contribution >= 4 is 33.6 Å². The first kappa shape index (κ1) is 28.1. The number of fused-ring (bicyclic) bond motifs is 4. The quantitative estimate of drug-likeness (QED) is 0.352. The first-order chi connectivity index (χ1) is 20.0. The lowest BCUT2D eigenvalue weighted by atomic mass is 9.88. The molecule has 220 valence electrons. The highest BCUT2D eigenvalue weighted by atomic mass is 19.1. The van der Waals surface area contributed by atoms with Gasteiger partial charge in [-0.05, 0) is 66.3 Å². The van der Waals surface area contributed by atoms with E-state index in [4.69, 9.17) is 0 Å². The molecule has 0 radical (unpaired) electrons. The van der Waals surface area contributed by atoms with Crippen molar-refractivity contribution in [3.8, 4) is 0 Å². The molecule has 0 aliphatic carbocycles. The highest BCUT2D eigenvalue weighted by molar-refractivity contribution is 5.90. The zero-order chi connectivity index (χ0) is 29.8. The van der Waals surface area contributed by atoms with Gasteiger partial charge in [-0.25, -0.2) is 4.39 Å². The van der Waals surface area contributed by atoms with Crippen LogP contribution in [0.15, 0.2) is 41.3 Å². The van der Waals surface area contributed by atoms with Crippen LogP contribution in [-0.2, 0) is 22.6 Å². The van der Waals surface area contributed by atoms with Gasteiger partial charge >= 0.3 is 0 Å². The summed E-state index contributed by atoms with van der Waals surface area (Å²) in [7, 11) is 0. The molecule has 0 saturated carbocycles. The number of carbonyl (C=O) groups excluding carboxylic acids is 2. The number of H-pyrrole nitrogens is 2. The fraction of sp³-hybridized carbons (Fsp3) is 0.455. The van der Waals surface area contributed by atoms with Crippen molar-refractivity contribution in [3.63, 3.8) is 0 Å². The molecule has 2 aliphatic heterocycles. The summed E-state index contributed by atoms with van der Waals surface area (Å²) in [6, 6.07) is 8.68. The lowest BCUT2D eigenvalue weighted by molar-refractivity contribution is -0.142. The molecule has 6 rings (SSSR count). The number of aromatic nitrogens is 3. The molecule has 9 heteroatoms. The Morgan fingerprint density at radius 3 is 2.62 bits per heavy atom. The van der Waals surface area contributed by atoms with Gasteiger partial charge in [0.1, 0.15) is 5.82 Å². The van der Waals surface area contributed by atoms with E-state index in [0.29, 0.717) is 56.4 Å². The first-order valence-corrected chi connectivity index (χ1v) is 14.8. The van der Waals surface area contributed by atoms with Crippen molar-refractivity contribution in [2.75, 3.05) is 19.6 Å². The number of hydrogen-bond donors (Lipinski definition) is 2. The summed E-state index contributed by atoms with van der Waals surface area (Å²) in [5.41, 5.74) is 4.77. The van der Waals surface area contributed by atoms with Gasteiger partial charge in [-0.15, -0.1) is 0 Å². The minimum Gasteiger partial charge on any atom is -0.343 e. The van der Waals surface area contributed by atoms with E-state index in [2.05, 4.69) is 42.0 Å². The smallest absolute Gasteiger partial charge is 0.251 e. The minimum absolute atomic E-state index is 0.0144. The number of nitrogens with zero attached hydrogens (tertiary/aromatic N) is 3. The molecule has 2 amide bonds. The van der Waals surface area contributed by atoms with E-state index in [-0.39, 0.29) is 40.6 Å². The van der Waals surface area contributed by atoms with Crippen LogP contribution in [0.25, 0.3) is 21.8 Å². The second-order valence-corrected chi connectivity index (χ2v) is 13.3. The van der Waals surface area contributed by atoms with Gasteiger partial charge < -0.3 is 14.8 Å². The molecule has 4 heterocycles. The number of hydrogen-bond acceptors (Lipinski definition) is 4. The van der Waals surface area contributed by atoms with Crippen molar-refractivity contribution < 1.29 is 14.0 Å². The molecule has 1 atom stereocenters. The molecule has 0 bridgehead atoms. The number of aryl methyl sites for hydroxylation is 1. The van der Waals surface area contributed by atoms with Gasteiger partial charge in [-0.1, -0.05) is 39.0 Å². The Labute approximate surface area is 244 Å². The molecule has 2 aromatic carbocycles. The summed E-state index contributed by atoms with van der Waals surface area (Å²) >= 11 is 0. The third kappa shape index (κ3) is 5.32. The SMILES string of the molecule is Cc1cc2c(c3cn[nH]c13)CN(CC(C)(C)C)C(=O)C(CC(=O)N1CCC(c3cc4cccc(F)c4[nH]c3=O)CC1)C2. The van der Waals surface area contributed by atoms with Crippen LogP contribution in [-0.4, -0.2) is 56.4 Å². The van der Waals surface area contributed by atoms with Crippen LogP contribution in [0.1, 0.15) is 68.2 Å². The summed E-state index contributed by atoms with van der Waals surface area (Å²) in [6.45, 7) is 10.5. The summed E-state index contributed by atoms with van der Waals surface area (Å²) in [4.78, 5) is 46.8. The number of aromatic amines is 2. The Hall–Kier alpha value is -4.01. The number of amides is 2. The van der Waals surface area contributed by atoms with E-state index in [1.807, 2.05) is 22.9 Å². The molecule has 42 heavy (non-hydrogen) atoms. The highest BCUT2D eigenvalue weighted by Crippen LogP contribution is 2.34. The van der Waals surface area contributed by atoms with Crippen molar-refractivity contribution in [3.05, 3.63) is 75.0 Å². The van der Waals surface area contributed by atoms with E-state index < -0.39 is 11.7 Å². The van der Waals surface area contributed by atoms with Crippen molar-refractivity contribution in [1.82, 2.24) is 25.0 Å². The monoisotopic (exact) mass is 571 g/mol. The van der Waals surface area contributed by atoms with Crippen molar-refractivity contribution in [1.29, 1.82) is 0 Å². The lowest BCUT2D eigenvalue weighted by Crippen LogP contribution is -2.43. The van der Waals surface area contributed by atoms with Crippen molar-refractivity contribution in [2.45, 2.75) is 65.8 Å². The van der Waals surface area contributed by atoms with E-state index in [1.165, 1.54) is 6.07 Å². The van der Waals surface area contributed by atoms with Gasteiger partial charge in [-0.3, -0.25) is 19.5 Å². The topological polar surface area (TPSA) is 102 Å². The lowest BCUT2D eigenvalue weighted by Gasteiger charge is -2.34. The van der Waals surface area contributed by atoms with Crippen LogP contribution < -0.4 is 5.56 Å². The van der Waals surface area contributed by atoms with Gasteiger partial charge in [0, 0.05) is 48.9 Å². The van der Waals surface area contributed by atoms with Crippen LogP contribution in [0.4, 0.5) is 4.39 Å². The fourth-order valence-corrected chi connectivity index (χ4v) is 6.82. The number of rotatable bonds is 4. The maximum absolute atomic E-state index is 14.1. The highest BCUT2D eigenvalue weighted by Gasteiger charge is 2.36. The minimum atomic E-state index is -0.447. The number of piperidine rings is 1. The molecule has 1 saturated heterocycles. The summed E-state index contributed by atoms with van der Waals surface area (Å²) in [5, 5.41) is 9.07. The average Bonchev–Trinajstić information content (AvgIpc) is 3.40. The number of nitrogens with one attached hydrogen (secondary N) is 2. The van der Waals surface area contributed by atoms with Crippen LogP contribution in [0.3, 0.4) is 0 Å². The zero-order valence-electron chi connectivity index (χ0n) is 24.7. The molecular formula is C33H38FN5O3. The number of benzene rings is 2. The zero-order valence-corrected chi connectivity index (χ0v) is 24.7. The first-order valence-electron chi connectivity index (χ1n) is 14.8. The van der Waals surface area contributed by atoms with Crippen LogP contribution >= 0.6 is 0 Å². The normalized spacial score (nSPS) is 18.5. The third-order valence-electron chi connectivity index (χ3n) is 8.84. The number of likely N-dealkylation sites (tertiary alicyclic amines) is 1. The largest absolute Gasteiger partial charge is 0.343 e.